The van der Waals surface area contributed by atoms with Gasteiger partial charge in [-0.3, -0.25) is 4.90 Å². The Kier molecular flexibility index (Phi) is 1.75. The molecule has 0 bridgehead atoms. The first kappa shape index (κ1) is 8.77. The van der Waals surface area contributed by atoms with Gasteiger partial charge in [0.05, 0.1) is 5.69 Å². The van der Waals surface area contributed by atoms with Gasteiger partial charge in [0.1, 0.15) is 0 Å². The highest BCUT2D eigenvalue weighted by Gasteiger charge is 2.42. The lowest BCUT2D eigenvalue weighted by Crippen LogP contribution is -2.53. The summed E-state index contributed by atoms with van der Waals surface area (Å²) in [6.07, 6.45) is 2.43. The quantitative estimate of drug-likeness (QED) is 0.703. The number of anilines is 1. The molecule has 15 heavy (non-hydrogen) atoms. The fraction of sp³-hybridized carbons (Fsp3) is 0.417. The Labute approximate surface area is 88.3 Å². The molecule has 1 N–H and O–H groups in total. The third-order valence-corrected chi connectivity index (χ3v) is 3.65. The lowest BCUT2D eigenvalue weighted by atomic mass is 9.72. The van der Waals surface area contributed by atoms with Crippen LogP contribution in [-0.4, -0.2) is 17.2 Å². The molecule has 1 aliphatic carbocycles. The Bertz CT molecular complexity index is 416. The minimum atomic E-state index is -0.808. The van der Waals surface area contributed by atoms with Crippen LogP contribution in [0.25, 0.3) is 0 Å². The molecule has 1 saturated carbocycles. The van der Waals surface area contributed by atoms with E-state index in [4.69, 9.17) is 0 Å². The van der Waals surface area contributed by atoms with Gasteiger partial charge in [0.15, 0.2) is 0 Å². The molecule has 1 aromatic carbocycles. The molecule has 3 rings (SSSR count). The van der Waals surface area contributed by atoms with Gasteiger partial charge in [-0.05, 0) is 36.8 Å². The SMILES string of the molecule is O=C(O)N1c2ccccc2CC2CCC21. The molecular formula is C12H13NO2. The van der Waals surface area contributed by atoms with Crippen molar-refractivity contribution < 1.29 is 9.90 Å². The molecule has 0 saturated heterocycles. The first-order valence-electron chi connectivity index (χ1n) is 5.37. The van der Waals surface area contributed by atoms with Gasteiger partial charge in [-0.2, -0.15) is 0 Å². The molecule has 3 nitrogen and oxygen atoms in total. The first-order chi connectivity index (χ1) is 7.27. The third kappa shape index (κ3) is 1.16. The summed E-state index contributed by atoms with van der Waals surface area (Å²) in [6, 6.07) is 8.08. The number of fused-ring (bicyclic) bond motifs is 2. The number of hydrogen-bond acceptors (Lipinski definition) is 1. The van der Waals surface area contributed by atoms with Crippen LogP contribution in [0, 0.1) is 5.92 Å². The Morgan fingerprint density at radius 3 is 2.80 bits per heavy atom. The lowest BCUT2D eigenvalue weighted by molar-refractivity contribution is 0.174. The molecule has 1 amide bonds. The summed E-state index contributed by atoms with van der Waals surface area (Å²) in [5.74, 6) is 0.552. The average Bonchev–Trinajstić information content (AvgIpc) is 2.20. The van der Waals surface area contributed by atoms with Crippen LogP contribution in [-0.2, 0) is 6.42 Å². The number of para-hydroxylation sites is 1. The summed E-state index contributed by atoms with van der Waals surface area (Å²) in [7, 11) is 0. The van der Waals surface area contributed by atoms with Crippen molar-refractivity contribution in [3.63, 3.8) is 0 Å². The van der Waals surface area contributed by atoms with E-state index in [2.05, 4.69) is 0 Å². The normalized spacial score (nSPS) is 27.6. The van der Waals surface area contributed by atoms with Crippen LogP contribution in [0.5, 0.6) is 0 Å². The summed E-state index contributed by atoms with van der Waals surface area (Å²) in [6.45, 7) is 0. The second-order valence-electron chi connectivity index (χ2n) is 4.39. The zero-order valence-corrected chi connectivity index (χ0v) is 8.39. The molecule has 0 aromatic heterocycles. The summed E-state index contributed by atoms with van der Waals surface area (Å²) in [4.78, 5) is 12.8. The van der Waals surface area contributed by atoms with Crippen molar-refractivity contribution in [1.29, 1.82) is 0 Å². The predicted molar refractivity (Wildman–Crippen MR) is 57.2 cm³/mol. The van der Waals surface area contributed by atoms with Gasteiger partial charge in [-0.15, -0.1) is 0 Å². The smallest absolute Gasteiger partial charge is 0.412 e. The topological polar surface area (TPSA) is 40.5 Å². The second-order valence-corrected chi connectivity index (χ2v) is 4.39. The van der Waals surface area contributed by atoms with Crippen LogP contribution in [0.15, 0.2) is 24.3 Å². The molecule has 1 aromatic rings. The van der Waals surface area contributed by atoms with Gasteiger partial charge in [-0.25, -0.2) is 4.79 Å². The molecule has 2 unspecified atom stereocenters. The van der Waals surface area contributed by atoms with E-state index in [9.17, 15) is 9.90 Å². The lowest BCUT2D eigenvalue weighted by Gasteiger charge is -2.47. The minimum Gasteiger partial charge on any atom is -0.465 e. The van der Waals surface area contributed by atoms with Gasteiger partial charge in [-0.1, -0.05) is 18.2 Å². The fourth-order valence-electron chi connectivity index (χ4n) is 2.75. The van der Waals surface area contributed by atoms with Crippen molar-refractivity contribution in [3.8, 4) is 0 Å². The molecule has 1 aliphatic heterocycles. The van der Waals surface area contributed by atoms with E-state index in [1.54, 1.807) is 4.90 Å². The molecule has 0 radical (unpaired) electrons. The van der Waals surface area contributed by atoms with E-state index in [1.165, 1.54) is 12.0 Å². The van der Waals surface area contributed by atoms with Gasteiger partial charge in [0.2, 0.25) is 0 Å². The summed E-state index contributed by atoms with van der Waals surface area (Å²) in [5.41, 5.74) is 2.08. The highest BCUT2D eigenvalue weighted by atomic mass is 16.4. The zero-order chi connectivity index (χ0) is 10.4. The number of amides is 1. The molecule has 2 aliphatic rings. The number of rotatable bonds is 0. The average molecular weight is 203 g/mol. The maximum absolute atomic E-state index is 11.2. The molecule has 2 atom stereocenters. The molecule has 1 fully saturated rings. The van der Waals surface area contributed by atoms with Gasteiger partial charge in [0, 0.05) is 6.04 Å². The number of benzene rings is 1. The number of hydrogen-bond donors (Lipinski definition) is 1. The molecule has 78 valence electrons. The van der Waals surface area contributed by atoms with Crippen molar-refractivity contribution >= 4 is 11.8 Å². The first-order valence-corrected chi connectivity index (χ1v) is 5.37. The molecular weight excluding hydrogens is 190 g/mol. The standard InChI is InChI=1S/C12H13NO2/c14-12(15)13-10-4-2-1-3-8(10)7-9-5-6-11(9)13/h1-4,9,11H,5-7H2,(H,14,15). The summed E-state index contributed by atoms with van der Waals surface area (Å²) < 4.78 is 0. The maximum Gasteiger partial charge on any atom is 0.412 e. The van der Waals surface area contributed by atoms with E-state index < -0.39 is 6.09 Å². The minimum absolute atomic E-state index is 0.234. The Morgan fingerprint density at radius 2 is 2.13 bits per heavy atom. The molecule has 0 spiro atoms. The van der Waals surface area contributed by atoms with E-state index in [-0.39, 0.29) is 6.04 Å². The maximum atomic E-state index is 11.2. The highest BCUT2D eigenvalue weighted by molar-refractivity contribution is 5.89. The van der Waals surface area contributed by atoms with E-state index in [0.717, 1.165) is 18.5 Å². The zero-order valence-electron chi connectivity index (χ0n) is 8.39. The van der Waals surface area contributed by atoms with Crippen molar-refractivity contribution in [3.05, 3.63) is 29.8 Å². The Hall–Kier alpha value is -1.51. The van der Waals surface area contributed by atoms with Crippen LogP contribution in [0.4, 0.5) is 10.5 Å². The second kappa shape index (κ2) is 2.99. The Morgan fingerprint density at radius 1 is 1.33 bits per heavy atom. The fourth-order valence-corrected chi connectivity index (χ4v) is 2.75. The van der Waals surface area contributed by atoms with Crippen molar-refractivity contribution in [1.82, 2.24) is 0 Å². The predicted octanol–water partition coefficient (Wildman–Crippen LogP) is 2.51. The van der Waals surface area contributed by atoms with Gasteiger partial charge >= 0.3 is 6.09 Å². The number of carboxylic acid groups (broad SMARTS) is 1. The molecule has 3 heteroatoms. The Balaban J connectivity index is 2.09. The van der Waals surface area contributed by atoms with Crippen LogP contribution in [0.3, 0.4) is 0 Å². The van der Waals surface area contributed by atoms with Crippen LogP contribution in [0.1, 0.15) is 18.4 Å². The van der Waals surface area contributed by atoms with Crippen LogP contribution < -0.4 is 4.90 Å². The summed E-state index contributed by atoms with van der Waals surface area (Å²) in [5, 5.41) is 9.23. The van der Waals surface area contributed by atoms with Crippen molar-refractivity contribution in [2.24, 2.45) is 5.92 Å². The monoisotopic (exact) mass is 203 g/mol. The summed E-state index contributed by atoms with van der Waals surface area (Å²) >= 11 is 0. The number of nitrogens with zero attached hydrogens (tertiary/aromatic N) is 1. The van der Waals surface area contributed by atoms with Crippen molar-refractivity contribution in [2.45, 2.75) is 25.3 Å². The van der Waals surface area contributed by atoms with E-state index in [1.807, 2.05) is 24.3 Å². The van der Waals surface area contributed by atoms with Gasteiger partial charge in [0.25, 0.3) is 0 Å². The van der Waals surface area contributed by atoms with E-state index in [0.29, 0.717) is 5.92 Å². The third-order valence-electron chi connectivity index (χ3n) is 3.65. The molecule has 1 heterocycles. The van der Waals surface area contributed by atoms with E-state index >= 15 is 0 Å². The van der Waals surface area contributed by atoms with Crippen LogP contribution >= 0.6 is 0 Å². The highest BCUT2D eigenvalue weighted by Crippen LogP contribution is 2.43. The van der Waals surface area contributed by atoms with Gasteiger partial charge < -0.3 is 5.11 Å². The van der Waals surface area contributed by atoms with Crippen LogP contribution in [0.2, 0.25) is 0 Å². The largest absolute Gasteiger partial charge is 0.465 e. The van der Waals surface area contributed by atoms with Crippen molar-refractivity contribution in [2.75, 3.05) is 4.90 Å². The number of carbonyl (C=O) groups is 1.